The van der Waals surface area contributed by atoms with E-state index in [2.05, 4.69) is 61.5 Å². The van der Waals surface area contributed by atoms with E-state index in [1.165, 1.54) is 16.7 Å². The molecule has 0 aliphatic rings. The largest absolute Gasteiger partial charge is 0.0683 e. The summed E-state index contributed by atoms with van der Waals surface area (Å²) < 4.78 is 0. The van der Waals surface area contributed by atoms with E-state index in [0.29, 0.717) is 0 Å². The summed E-state index contributed by atoms with van der Waals surface area (Å²) in [5, 5.41) is 0. The topological polar surface area (TPSA) is 0 Å². The Morgan fingerprint density at radius 1 is 0.750 bits per heavy atom. The second kappa shape index (κ2) is 6.84. The van der Waals surface area contributed by atoms with E-state index in [4.69, 9.17) is 0 Å². The Morgan fingerprint density at radius 2 is 1.38 bits per heavy atom. The zero-order valence-electron chi connectivity index (χ0n) is 10.4. The molecule has 0 bridgehead atoms. The van der Waals surface area contributed by atoms with Crippen LogP contribution in [0.15, 0.2) is 54.6 Å². The predicted octanol–water partition coefficient (Wildman–Crippen LogP) is 4.61. The van der Waals surface area contributed by atoms with E-state index in [0.717, 1.165) is 6.42 Å². The van der Waals surface area contributed by atoms with Crippen molar-refractivity contribution in [2.75, 3.05) is 0 Å². The van der Waals surface area contributed by atoms with Gasteiger partial charge in [0.2, 0.25) is 0 Å². The third kappa shape index (κ3) is 3.90. The Kier molecular flexibility index (Phi) is 5.35. The molecule has 0 heterocycles. The molecule has 0 unspecified atom stereocenters. The molecule has 0 N–H and O–H groups in total. The second-order valence-corrected chi connectivity index (χ2v) is 3.65. The van der Waals surface area contributed by atoms with Gasteiger partial charge in [-0.25, -0.2) is 0 Å². The van der Waals surface area contributed by atoms with Gasteiger partial charge in [0.1, 0.15) is 0 Å². The van der Waals surface area contributed by atoms with Crippen LogP contribution in [0.1, 0.15) is 30.5 Å². The SMILES string of the molecule is CC.Cc1cccc(Cc2ccccc2)c1. The summed E-state index contributed by atoms with van der Waals surface area (Å²) in [5.41, 5.74) is 4.09. The molecular formula is C16H20. The summed E-state index contributed by atoms with van der Waals surface area (Å²) in [5.74, 6) is 0. The van der Waals surface area contributed by atoms with Crippen LogP contribution in [-0.4, -0.2) is 0 Å². The van der Waals surface area contributed by atoms with Crippen molar-refractivity contribution >= 4 is 0 Å². The average Bonchev–Trinajstić information content (AvgIpc) is 2.33. The van der Waals surface area contributed by atoms with Gasteiger partial charge in [-0.1, -0.05) is 74.0 Å². The highest BCUT2D eigenvalue weighted by atomic mass is 14.0. The lowest BCUT2D eigenvalue weighted by Crippen LogP contribution is -1.87. The quantitative estimate of drug-likeness (QED) is 0.682. The van der Waals surface area contributed by atoms with Crippen LogP contribution in [0.2, 0.25) is 0 Å². The molecule has 2 rings (SSSR count). The smallest absolute Gasteiger partial charge is 0.00257 e. The van der Waals surface area contributed by atoms with E-state index in [1.54, 1.807) is 0 Å². The van der Waals surface area contributed by atoms with Crippen molar-refractivity contribution in [3.05, 3.63) is 71.3 Å². The molecule has 0 amide bonds. The molecule has 0 spiro atoms. The van der Waals surface area contributed by atoms with Gasteiger partial charge in [0, 0.05) is 0 Å². The molecule has 84 valence electrons. The lowest BCUT2D eigenvalue weighted by atomic mass is 10.0. The third-order valence-electron chi connectivity index (χ3n) is 2.33. The van der Waals surface area contributed by atoms with Crippen molar-refractivity contribution in [1.82, 2.24) is 0 Å². The van der Waals surface area contributed by atoms with Crippen molar-refractivity contribution in [2.45, 2.75) is 27.2 Å². The molecule has 16 heavy (non-hydrogen) atoms. The fraction of sp³-hybridized carbons (Fsp3) is 0.250. The van der Waals surface area contributed by atoms with Crippen LogP contribution in [-0.2, 0) is 6.42 Å². The van der Waals surface area contributed by atoms with Crippen LogP contribution in [0, 0.1) is 6.92 Å². The fourth-order valence-corrected chi connectivity index (χ4v) is 1.65. The Morgan fingerprint density at radius 3 is 2.00 bits per heavy atom. The van der Waals surface area contributed by atoms with E-state index < -0.39 is 0 Å². The van der Waals surface area contributed by atoms with Gasteiger partial charge in [0.15, 0.2) is 0 Å². The zero-order chi connectivity index (χ0) is 11.8. The first-order chi connectivity index (χ1) is 7.84. The minimum atomic E-state index is 1.03. The standard InChI is InChI=1S/C14H14.C2H6/c1-12-6-5-9-14(10-12)11-13-7-3-2-4-8-13;1-2/h2-10H,11H2,1H3;1-2H3. The monoisotopic (exact) mass is 212 g/mol. The molecule has 2 aromatic rings. The van der Waals surface area contributed by atoms with Gasteiger partial charge in [-0.15, -0.1) is 0 Å². The Labute approximate surface area is 99.0 Å². The highest BCUT2D eigenvalue weighted by Crippen LogP contribution is 2.10. The summed E-state index contributed by atoms with van der Waals surface area (Å²) >= 11 is 0. The Hall–Kier alpha value is -1.56. The van der Waals surface area contributed by atoms with Crippen LogP contribution < -0.4 is 0 Å². The van der Waals surface area contributed by atoms with E-state index >= 15 is 0 Å². The first-order valence-corrected chi connectivity index (χ1v) is 5.94. The maximum Gasteiger partial charge on any atom is -0.00257 e. The summed E-state index contributed by atoms with van der Waals surface area (Å²) in [6.45, 7) is 6.13. The molecule has 0 aliphatic heterocycles. The minimum absolute atomic E-state index is 1.03. The first-order valence-electron chi connectivity index (χ1n) is 5.94. The van der Waals surface area contributed by atoms with Gasteiger partial charge in [0.25, 0.3) is 0 Å². The molecule has 0 heteroatoms. The summed E-state index contributed by atoms with van der Waals surface area (Å²) in [7, 11) is 0. The second-order valence-electron chi connectivity index (χ2n) is 3.65. The predicted molar refractivity (Wildman–Crippen MR) is 71.8 cm³/mol. The van der Waals surface area contributed by atoms with E-state index in [-0.39, 0.29) is 0 Å². The molecule has 0 saturated heterocycles. The lowest BCUT2D eigenvalue weighted by Gasteiger charge is -2.02. The minimum Gasteiger partial charge on any atom is -0.0683 e. The van der Waals surface area contributed by atoms with Crippen LogP contribution in [0.3, 0.4) is 0 Å². The highest BCUT2D eigenvalue weighted by Gasteiger charge is 1.94. The fourth-order valence-electron chi connectivity index (χ4n) is 1.65. The summed E-state index contributed by atoms with van der Waals surface area (Å²) in [6, 6.07) is 19.2. The van der Waals surface area contributed by atoms with Gasteiger partial charge in [0.05, 0.1) is 0 Å². The van der Waals surface area contributed by atoms with Crippen LogP contribution in [0.25, 0.3) is 0 Å². The molecule has 0 nitrogen and oxygen atoms in total. The van der Waals surface area contributed by atoms with E-state index in [1.807, 2.05) is 13.8 Å². The normalized spacial score (nSPS) is 9.19. The molecule has 0 fully saturated rings. The average molecular weight is 212 g/mol. The van der Waals surface area contributed by atoms with Gasteiger partial charge in [-0.05, 0) is 24.5 Å². The Bertz CT molecular complexity index is 401. The van der Waals surface area contributed by atoms with Gasteiger partial charge < -0.3 is 0 Å². The number of aryl methyl sites for hydroxylation is 1. The van der Waals surface area contributed by atoms with Crippen molar-refractivity contribution in [1.29, 1.82) is 0 Å². The molecule has 0 saturated carbocycles. The maximum absolute atomic E-state index is 2.24. The van der Waals surface area contributed by atoms with Gasteiger partial charge in [-0.2, -0.15) is 0 Å². The number of benzene rings is 2. The third-order valence-corrected chi connectivity index (χ3v) is 2.33. The molecule has 2 aromatic carbocycles. The maximum atomic E-state index is 2.24. The number of hydrogen-bond acceptors (Lipinski definition) is 0. The van der Waals surface area contributed by atoms with Crippen molar-refractivity contribution < 1.29 is 0 Å². The molecule has 0 aromatic heterocycles. The Balaban J connectivity index is 0.000000606. The molecular weight excluding hydrogens is 192 g/mol. The lowest BCUT2D eigenvalue weighted by molar-refractivity contribution is 1.18. The van der Waals surface area contributed by atoms with E-state index in [9.17, 15) is 0 Å². The highest BCUT2D eigenvalue weighted by molar-refractivity contribution is 5.28. The van der Waals surface area contributed by atoms with Crippen molar-refractivity contribution in [3.8, 4) is 0 Å². The van der Waals surface area contributed by atoms with Gasteiger partial charge in [-0.3, -0.25) is 0 Å². The van der Waals surface area contributed by atoms with Crippen LogP contribution >= 0.6 is 0 Å². The van der Waals surface area contributed by atoms with Crippen molar-refractivity contribution in [3.63, 3.8) is 0 Å². The van der Waals surface area contributed by atoms with Crippen molar-refractivity contribution in [2.24, 2.45) is 0 Å². The summed E-state index contributed by atoms with van der Waals surface area (Å²) in [6.07, 6.45) is 1.03. The molecule has 0 aliphatic carbocycles. The first kappa shape index (κ1) is 12.5. The molecule has 0 atom stereocenters. The number of hydrogen-bond donors (Lipinski definition) is 0. The van der Waals surface area contributed by atoms with Crippen LogP contribution in [0.5, 0.6) is 0 Å². The van der Waals surface area contributed by atoms with Crippen LogP contribution in [0.4, 0.5) is 0 Å². The zero-order valence-corrected chi connectivity index (χ0v) is 10.4. The molecule has 0 radical (unpaired) electrons. The van der Waals surface area contributed by atoms with Gasteiger partial charge >= 0.3 is 0 Å². The number of rotatable bonds is 2. The summed E-state index contributed by atoms with van der Waals surface area (Å²) in [4.78, 5) is 0.